The van der Waals surface area contributed by atoms with Crippen LogP contribution in [0, 0.1) is 0 Å². The minimum absolute atomic E-state index is 0.112. The van der Waals surface area contributed by atoms with E-state index in [1.165, 1.54) is 16.0 Å². The van der Waals surface area contributed by atoms with Crippen LogP contribution in [0.1, 0.15) is 23.2 Å². The fraction of sp³-hybridized carbons (Fsp3) is 0.292. The van der Waals surface area contributed by atoms with Crippen LogP contribution in [0.2, 0.25) is 0 Å². The highest BCUT2D eigenvalue weighted by Crippen LogP contribution is 2.27. The first-order valence-electron chi connectivity index (χ1n) is 10.3. The highest BCUT2D eigenvalue weighted by molar-refractivity contribution is 7.98. The van der Waals surface area contributed by atoms with Gasteiger partial charge < -0.3 is 15.2 Å². The molecule has 0 radical (unpaired) electrons. The lowest BCUT2D eigenvalue weighted by atomic mass is 10.1. The van der Waals surface area contributed by atoms with Crippen LogP contribution in [0.3, 0.4) is 0 Å². The molecule has 0 aliphatic heterocycles. The predicted octanol–water partition coefficient (Wildman–Crippen LogP) is 3.71. The number of nitrogens with zero attached hydrogens (tertiary/aromatic N) is 2. The highest BCUT2D eigenvalue weighted by atomic mass is 32.2. The van der Waals surface area contributed by atoms with Crippen molar-refractivity contribution in [3.63, 3.8) is 0 Å². The van der Waals surface area contributed by atoms with Crippen molar-refractivity contribution in [1.82, 2.24) is 14.9 Å². The summed E-state index contributed by atoms with van der Waals surface area (Å²) in [5.74, 6) is 1.52. The smallest absolute Gasteiger partial charge is 0.225 e. The maximum absolute atomic E-state index is 12.7. The molecule has 0 fully saturated rings. The number of amides is 1. The first-order valence-corrected chi connectivity index (χ1v) is 11.3. The number of imidazole rings is 1. The number of nitrogens with one attached hydrogen (secondary N) is 2. The molecule has 2 N–H and O–H groups in total. The van der Waals surface area contributed by atoms with Gasteiger partial charge in [-0.1, -0.05) is 48.5 Å². The minimum Gasteiger partial charge on any atom is -0.372 e. The molecule has 162 valence electrons. The van der Waals surface area contributed by atoms with Crippen molar-refractivity contribution in [2.24, 2.45) is 0 Å². The Kier molecular flexibility index (Phi) is 8.29. The Morgan fingerprint density at radius 3 is 2.52 bits per heavy atom. The van der Waals surface area contributed by atoms with Crippen molar-refractivity contribution in [2.45, 2.75) is 36.5 Å². The van der Waals surface area contributed by atoms with Gasteiger partial charge in [-0.3, -0.25) is 9.59 Å². The molecule has 31 heavy (non-hydrogen) atoms. The van der Waals surface area contributed by atoms with Gasteiger partial charge in [0.1, 0.15) is 5.82 Å². The van der Waals surface area contributed by atoms with Crippen molar-refractivity contribution >= 4 is 29.3 Å². The summed E-state index contributed by atoms with van der Waals surface area (Å²) in [4.78, 5) is 30.0. The molecular formula is C24H28N4O2S. The van der Waals surface area contributed by atoms with Crippen LogP contribution in [0.5, 0.6) is 0 Å². The number of Topliss-reactive ketones (excluding diaryl/α,β-unsaturated/α-hetero) is 1. The number of aromatic nitrogens is 2. The molecule has 0 aliphatic rings. The van der Waals surface area contributed by atoms with E-state index in [4.69, 9.17) is 0 Å². The van der Waals surface area contributed by atoms with Gasteiger partial charge in [-0.25, -0.2) is 4.98 Å². The Bertz CT molecular complexity index is 1020. The Morgan fingerprint density at radius 2 is 1.77 bits per heavy atom. The third-order valence-corrected chi connectivity index (χ3v) is 6.21. The van der Waals surface area contributed by atoms with Crippen molar-refractivity contribution in [2.75, 3.05) is 19.4 Å². The van der Waals surface area contributed by atoms with Crippen LogP contribution in [-0.2, 0) is 34.7 Å². The van der Waals surface area contributed by atoms with E-state index < -0.39 is 0 Å². The molecule has 0 aliphatic carbocycles. The highest BCUT2D eigenvalue weighted by Gasteiger charge is 2.16. The summed E-state index contributed by atoms with van der Waals surface area (Å²) in [5, 5.41) is 5.60. The van der Waals surface area contributed by atoms with Gasteiger partial charge in [-0.15, -0.1) is 11.8 Å². The van der Waals surface area contributed by atoms with Gasteiger partial charge in [0, 0.05) is 31.2 Å². The van der Waals surface area contributed by atoms with Gasteiger partial charge in [-0.2, -0.15) is 0 Å². The number of hydrogen-bond acceptors (Lipinski definition) is 5. The van der Waals surface area contributed by atoms with E-state index in [1.807, 2.05) is 18.2 Å². The molecule has 0 unspecified atom stereocenters. The monoisotopic (exact) mass is 436 g/mol. The van der Waals surface area contributed by atoms with Gasteiger partial charge in [0.2, 0.25) is 5.91 Å². The number of thioether (sulfide) groups is 1. The predicted molar refractivity (Wildman–Crippen MR) is 125 cm³/mol. The molecule has 7 heteroatoms. The van der Waals surface area contributed by atoms with Crippen LogP contribution in [0.25, 0.3) is 0 Å². The molecular weight excluding hydrogens is 408 g/mol. The zero-order chi connectivity index (χ0) is 22.1. The molecule has 1 aromatic heterocycles. The number of likely N-dealkylation sites (N-methyl/N-ethyl adjacent to an activating group) is 1. The number of ketones is 1. The summed E-state index contributed by atoms with van der Waals surface area (Å²) in [7, 11) is 3.35. The van der Waals surface area contributed by atoms with E-state index in [1.54, 1.807) is 36.8 Å². The van der Waals surface area contributed by atoms with E-state index in [2.05, 4.69) is 52.0 Å². The molecule has 0 bridgehead atoms. The van der Waals surface area contributed by atoms with Gasteiger partial charge in [0.25, 0.3) is 0 Å². The van der Waals surface area contributed by atoms with Gasteiger partial charge >= 0.3 is 0 Å². The number of hydrogen-bond donors (Lipinski definition) is 2. The number of carbonyl (C=O) groups is 2. The summed E-state index contributed by atoms with van der Waals surface area (Å²) >= 11 is 1.79. The molecule has 1 heterocycles. The number of aryl methyl sites for hydroxylation is 1. The minimum atomic E-state index is -0.116. The Labute approximate surface area is 187 Å². The maximum Gasteiger partial charge on any atom is 0.225 e. The molecule has 3 aromatic rings. The van der Waals surface area contributed by atoms with E-state index in [9.17, 15) is 9.59 Å². The van der Waals surface area contributed by atoms with Gasteiger partial charge in [0.15, 0.2) is 5.78 Å². The molecule has 0 saturated carbocycles. The second-order valence-corrected chi connectivity index (χ2v) is 8.21. The zero-order valence-electron chi connectivity index (χ0n) is 17.9. The number of rotatable bonds is 11. The second-order valence-electron chi connectivity index (χ2n) is 7.19. The van der Waals surface area contributed by atoms with Crippen molar-refractivity contribution < 1.29 is 9.59 Å². The van der Waals surface area contributed by atoms with Crippen molar-refractivity contribution in [3.05, 3.63) is 77.7 Å². The summed E-state index contributed by atoms with van der Waals surface area (Å²) < 4.78 is 1.76. The topological polar surface area (TPSA) is 76.0 Å². The Hall–Kier alpha value is -3.06. The lowest BCUT2D eigenvalue weighted by Crippen LogP contribution is -2.23. The zero-order valence-corrected chi connectivity index (χ0v) is 18.7. The summed E-state index contributed by atoms with van der Waals surface area (Å²) in [6.07, 6.45) is 2.93. The van der Waals surface area contributed by atoms with Crippen LogP contribution >= 0.6 is 11.8 Å². The van der Waals surface area contributed by atoms with Crippen molar-refractivity contribution in [3.8, 4) is 0 Å². The first kappa shape index (κ1) is 22.6. The van der Waals surface area contributed by atoms with Crippen molar-refractivity contribution in [1.29, 1.82) is 0 Å². The fourth-order valence-corrected chi connectivity index (χ4v) is 4.35. The van der Waals surface area contributed by atoms with Gasteiger partial charge in [0.05, 0.1) is 25.0 Å². The maximum atomic E-state index is 12.7. The fourth-order valence-electron chi connectivity index (χ4n) is 3.31. The normalized spacial score (nSPS) is 10.6. The van der Waals surface area contributed by atoms with E-state index in [-0.39, 0.29) is 24.7 Å². The summed E-state index contributed by atoms with van der Waals surface area (Å²) in [6, 6.07) is 18.6. The molecule has 6 nitrogen and oxygen atoms in total. The third-order valence-electron chi connectivity index (χ3n) is 5.02. The lowest BCUT2D eigenvalue weighted by Gasteiger charge is -2.11. The lowest BCUT2D eigenvalue weighted by molar-refractivity contribution is -0.121. The van der Waals surface area contributed by atoms with E-state index in [0.29, 0.717) is 24.4 Å². The van der Waals surface area contributed by atoms with Crippen LogP contribution in [0.4, 0.5) is 5.82 Å². The molecule has 0 atom stereocenters. The molecule has 3 rings (SSSR count). The standard InChI is InChI=1S/C24H28N4O2S/c1-25-23(30)14-21-24(26-2)27-17-28(21)15-20(29)13-12-19-10-6-7-11-22(19)31-16-18-8-4-3-5-9-18/h3-11,17,26H,12-16H2,1-2H3,(H,25,30). The van der Waals surface area contributed by atoms with Crippen LogP contribution in [0.15, 0.2) is 65.8 Å². The second kappa shape index (κ2) is 11.4. The average molecular weight is 437 g/mol. The number of carbonyl (C=O) groups excluding carboxylic acids is 2. The Morgan fingerprint density at radius 1 is 1.03 bits per heavy atom. The third kappa shape index (κ3) is 6.46. The largest absolute Gasteiger partial charge is 0.372 e. The first-order chi connectivity index (χ1) is 15.1. The molecule has 0 spiro atoms. The van der Waals surface area contributed by atoms with Crippen LogP contribution < -0.4 is 10.6 Å². The molecule has 0 saturated heterocycles. The van der Waals surface area contributed by atoms with Gasteiger partial charge in [-0.05, 0) is 23.6 Å². The number of anilines is 1. The van der Waals surface area contributed by atoms with Crippen LogP contribution in [-0.4, -0.2) is 35.3 Å². The summed E-state index contributed by atoms with van der Waals surface area (Å²) in [6.45, 7) is 0.209. The number of benzene rings is 2. The molecule has 1 amide bonds. The van der Waals surface area contributed by atoms with E-state index in [0.717, 1.165) is 5.75 Å². The average Bonchev–Trinajstić information content (AvgIpc) is 3.18. The SMILES string of the molecule is CNC(=O)Cc1c(NC)ncn1CC(=O)CCc1ccccc1SCc1ccccc1. The van der Waals surface area contributed by atoms with E-state index >= 15 is 0 Å². The summed E-state index contributed by atoms with van der Waals surface area (Å²) in [5.41, 5.74) is 3.18. The Balaban J connectivity index is 1.60. The quantitative estimate of drug-likeness (QED) is 0.448. The molecule has 2 aromatic carbocycles.